The predicted octanol–water partition coefficient (Wildman–Crippen LogP) is 1.41. The number of nitrogens with one attached hydrogen (secondary N) is 1. The van der Waals surface area contributed by atoms with Crippen molar-refractivity contribution >= 4 is 12.0 Å². The molecule has 33 heavy (non-hydrogen) atoms. The summed E-state index contributed by atoms with van der Waals surface area (Å²) in [5.41, 5.74) is 7.31. The van der Waals surface area contributed by atoms with Gasteiger partial charge in [0.05, 0.1) is 18.4 Å². The molecule has 0 aliphatic carbocycles. The minimum absolute atomic E-state index is 0.244. The van der Waals surface area contributed by atoms with Gasteiger partial charge in [-0.25, -0.2) is 15.2 Å². The average molecular weight is 452 g/mol. The van der Waals surface area contributed by atoms with Crippen molar-refractivity contribution in [2.24, 2.45) is 10.8 Å². The Kier molecular flexibility index (Phi) is 6.12. The number of hydrogen-bond acceptors (Lipinski definition) is 8. The molecule has 1 fully saturated rings. The maximum absolute atomic E-state index is 14.3. The number of aliphatic imine (C=N–C) groups is 1. The number of hydrogen-bond donors (Lipinski definition) is 2. The third kappa shape index (κ3) is 4.77. The van der Waals surface area contributed by atoms with E-state index >= 15 is 0 Å². The normalized spacial score (nSPS) is 19.2. The second-order valence-corrected chi connectivity index (χ2v) is 8.71. The van der Waals surface area contributed by atoms with E-state index in [0.29, 0.717) is 12.1 Å². The lowest BCUT2D eigenvalue weighted by Gasteiger charge is -2.32. The van der Waals surface area contributed by atoms with E-state index in [1.807, 2.05) is 28.2 Å². The van der Waals surface area contributed by atoms with E-state index < -0.39 is 0 Å². The van der Waals surface area contributed by atoms with Gasteiger partial charge in [0, 0.05) is 56.2 Å². The second-order valence-electron chi connectivity index (χ2n) is 8.71. The summed E-state index contributed by atoms with van der Waals surface area (Å²) in [6.45, 7) is 6.80. The van der Waals surface area contributed by atoms with Crippen molar-refractivity contribution in [3.8, 4) is 0 Å². The minimum Gasteiger partial charge on any atom is -0.304 e. The molecule has 0 radical (unpaired) electrons. The molecule has 3 aliphatic rings. The molecule has 3 N–H and O–H groups in total. The van der Waals surface area contributed by atoms with Crippen LogP contribution in [-0.4, -0.2) is 75.7 Å². The van der Waals surface area contributed by atoms with E-state index in [4.69, 9.17) is 5.84 Å². The standard InChI is InChI=1S/C23H30FN9/c1-29-9-11-30(12-10-29)7-4-8-32-14-19(13-27-32)22-23-21(16-31(25)17-26-23)33(28-22)15-18-5-2-3-6-20(18)24/h2-3,5-6,13-14,16-17,28H,4,7-12,15,25H2,1H3. The van der Waals surface area contributed by atoms with Gasteiger partial charge in [0.1, 0.15) is 23.5 Å². The van der Waals surface area contributed by atoms with Crippen LogP contribution in [-0.2, 0) is 13.1 Å². The summed E-state index contributed by atoms with van der Waals surface area (Å²) in [5.74, 6) is 5.68. The van der Waals surface area contributed by atoms with Crippen LogP contribution in [0.4, 0.5) is 4.39 Å². The highest BCUT2D eigenvalue weighted by Crippen LogP contribution is 2.34. The molecular formula is C23H30FN9. The van der Waals surface area contributed by atoms with Gasteiger partial charge in [-0.05, 0) is 26.1 Å². The maximum Gasteiger partial charge on any atom is 0.128 e. The van der Waals surface area contributed by atoms with Crippen molar-refractivity contribution in [2.45, 2.75) is 19.5 Å². The number of aryl methyl sites for hydroxylation is 1. The molecule has 2 aromatic rings. The van der Waals surface area contributed by atoms with Crippen LogP contribution in [0.3, 0.4) is 0 Å². The average Bonchev–Trinajstić information content (AvgIpc) is 3.41. The van der Waals surface area contributed by atoms with Crippen LogP contribution in [0, 0.1) is 5.82 Å². The molecule has 0 atom stereocenters. The van der Waals surface area contributed by atoms with E-state index in [2.05, 4.69) is 32.4 Å². The molecule has 174 valence electrons. The molecular weight excluding hydrogens is 421 g/mol. The number of fused-ring (bicyclic) bond motifs is 1. The molecule has 9 nitrogen and oxygen atoms in total. The Bertz CT molecular complexity index is 1080. The van der Waals surface area contributed by atoms with Gasteiger partial charge in [-0.2, -0.15) is 5.10 Å². The van der Waals surface area contributed by atoms with Crippen molar-refractivity contribution in [3.63, 3.8) is 0 Å². The molecule has 1 aromatic heterocycles. The number of likely N-dealkylation sites (N-methyl/N-ethyl adjacent to an activating group) is 1. The third-order valence-corrected chi connectivity index (χ3v) is 6.27. The quantitative estimate of drug-likeness (QED) is 0.616. The summed E-state index contributed by atoms with van der Waals surface area (Å²) in [6.07, 6.45) is 8.28. The van der Waals surface area contributed by atoms with Crippen LogP contribution in [0.2, 0.25) is 0 Å². The lowest BCUT2D eigenvalue weighted by Crippen LogP contribution is -2.44. The molecule has 1 saturated heterocycles. The Labute approximate surface area is 193 Å². The molecule has 0 bridgehead atoms. The second kappa shape index (κ2) is 9.34. The van der Waals surface area contributed by atoms with Gasteiger partial charge in [-0.3, -0.25) is 20.1 Å². The molecule has 0 unspecified atom stereocenters. The number of rotatable bonds is 7. The van der Waals surface area contributed by atoms with Crippen LogP contribution in [0.1, 0.15) is 17.5 Å². The van der Waals surface area contributed by atoms with Gasteiger partial charge in [0.15, 0.2) is 0 Å². The van der Waals surface area contributed by atoms with Crippen LogP contribution >= 0.6 is 0 Å². The first-order chi connectivity index (χ1) is 16.1. The fourth-order valence-electron chi connectivity index (χ4n) is 4.33. The molecule has 3 aliphatic heterocycles. The number of benzene rings is 1. The molecule has 4 heterocycles. The first-order valence-corrected chi connectivity index (χ1v) is 11.3. The number of nitrogens with two attached hydrogens (primary N) is 1. The molecule has 10 heteroatoms. The lowest BCUT2D eigenvalue weighted by molar-refractivity contribution is 0.151. The minimum atomic E-state index is -0.244. The highest BCUT2D eigenvalue weighted by atomic mass is 19.1. The first kappa shape index (κ1) is 21.6. The number of piperazine rings is 1. The van der Waals surface area contributed by atoms with E-state index in [1.165, 1.54) is 11.1 Å². The van der Waals surface area contributed by atoms with E-state index in [0.717, 1.165) is 68.3 Å². The van der Waals surface area contributed by atoms with Crippen LogP contribution in [0.5, 0.6) is 0 Å². The Balaban J connectivity index is 1.27. The Morgan fingerprint density at radius 3 is 2.76 bits per heavy atom. The van der Waals surface area contributed by atoms with Crippen molar-refractivity contribution in [3.05, 3.63) is 71.2 Å². The Hall–Kier alpha value is -3.21. The van der Waals surface area contributed by atoms with Crippen molar-refractivity contribution < 1.29 is 4.39 Å². The van der Waals surface area contributed by atoms with Crippen molar-refractivity contribution in [1.29, 1.82) is 0 Å². The van der Waals surface area contributed by atoms with Gasteiger partial charge in [-0.1, -0.05) is 18.2 Å². The van der Waals surface area contributed by atoms with Crippen LogP contribution in [0.25, 0.3) is 5.70 Å². The third-order valence-electron chi connectivity index (χ3n) is 6.27. The van der Waals surface area contributed by atoms with E-state index in [-0.39, 0.29) is 5.82 Å². The van der Waals surface area contributed by atoms with E-state index in [1.54, 1.807) is 24.7 Å². The Morgan fingerprint density at radius 1 is 1.12 bits per heavy atom. The molecule has 0 amide bonds. The number of nitrogens with zero attached hydrogens (tertiary/aromatic N) is 7. The zero-order chi connectivity index (χ0) is 22.8. The maximum atomic E-state index is 14.3. The van der Waals surface area contributed by atoms with Gasteiger partial charge in [-0.15, -0.1) is 0 Å². The molecule has 5 rings (SSSR count). The fraction of sp³-hybridized carbons (Fsp3) is 0.391. The topological polar surface area (TPSA) is 81.2 Å². The first-order valence-electron chi connectivity index (χ1n) is 11.3. The number of halogens is 1. The number of hydrazine groups is 2. The zero-order valence-corrected chi connectivity index (χ0v) is 18.9. The van der Waals surface area contributed by atoms with Crippen LogP contribution in [0.15, 0.2) is 59.2 Å². The number of aromatic nitrogens is 2. The lowest BCUT2D eigenvalue weighted by atomic mass is 10.2. The highest BCUT2D eigenvalue weighted by molar-refractivity contribution is 5.77. The molecule has 0 spiro atoms. The van der Waals surface area contributed by atoms with Gasteiger partial charge in [0.2, 0.25) is 0 Å². The Morgan fingerprint density at radius 2 is 1.94 bits per heavy atom. The summed E-state index contributed by atoms with van der Waals surface area (Å²) >= 11 is 0. The summed E-state index contributed by atoms with van der Waals surface area (Å²) in [7, 11) is 2.18. The van der Waals surface area contributed by atoms with Gasteiger partial charge >= 0.3 is 0 Å². The summed E-state index contributed by atoms with van der Waals surface area (Å²) in [4.78, 5) is 9.41. The van der Waals surface area contributed by atoms with Gasteiger partial charge < -0.3 is 9.80 Å². The van der Waals surface area contributed by atoms with Crippen molar-refractivity contribution in [2.75, 3.05) is 39.8 Å². The zero-order valence-electron chi connectivity index (χ0n) is 18.9. The monoisotopic (exact) mass is 451 g/mol. The molecule has 1 aromatic carbocycles. The largest absolute Gasteiger partial charge is 0.304 e. The van der Waals surface area contributed by atoms with E-state index in [9.17, 15) is 4.39 Å². The summed E-state index contributed by atoms with van der Waals surface area (Å²) in [6, 6.07) is 6.77. The molecule has 0 saturated carbocycles. The fourth-order valence-corrected chi connectivity index (χ4v) is 4.33. The smallest absolute Gasteiger partial charge is 0.128 e. The highest BCUT2D eigenvalue weighted by Gasteiger charge is 2.30. The predicted molar refractivity (Wildman–Crippen MR) is 125 cm³/mol. The summed E-state index contributed by atoms with van der Waals surface area (Å²) in [5, 5.41) is 7.83. The van der Waals surface area contributed by atoms with Crippen LogP contribution < -0.4 is 11.3 Å². The summed E-state index contributed by atoms with van der Waals surface area (Å²) < 4.78 is 16.2. The SMILES string of the molecule is CN1CCN(CCCn2cc(C3=C4N=CN(N)C=C4N(Cc4ccccc4F)N3)cn2)CC1. The van der Waals surface area contributed by atoms with Crippen molar-refractivity contribution in [1.82, 2.24) is 35.0 Å². The van der Waals surface area contributed by atoms with Gasteiger partial charge in [0.25, 0.3) is 0 Å².